The van der Waals surface area contributed by atoms with Crippen molar-refractivity contribution >= 4 is 23.0 Å². The van der Waals surface area contributed by atoms with Gasteiger partial charge in [0.2, 0.25) is 5.78 Å². The Morgan fingerprint density at radius 1 is 1.16 bits per heavy atom. The number of nitrogens with one attached hydrogen (secondary N) is 1. The molecule has 3 nitrogen and oxygen atoms in total. The molecule has 98 valence electrons. The number of Topliss-reactive ketones (excluding diaryl/α,β-unsaturated/α-hetero) is 1. The number of hydrogen-bond donors (Lipinski definition) is 1. The average molecular weight is 273 g/mol. The van der Waals surface area contributed by atoms with Crippen molar-refractivity contribution in [2.75, 3.05) is 6.54 Å². The molecule has 0 radical (unpaired) electrons. The third kappa shape index (κ3) is 3.76. The Bertz CT molecular complexity index is 558. The molecular weight excluding hydrogens is 258 g/mol. The number of hydrogen-bond acceptors (Lipinski definition) is 3. The van der Waals surface area contributed by atoms with E-state index in [4.69, 9.17) is 0 Å². The van der Waals surface area contributed by atoms with Crippen molar-refractivity contribution in [2.24, 2.45) is 0 Å². The molecule has 1 heterocycles. The lowest BCUT2D eigenvalue weighted by atomic mass is 10.1. The number of benzene rings is 1. The van der Waals surface area contributed by atoms with E-state index in [-0.39, 0.29) is 0 Å². The number of carbonyl (C=O) groups excluding carboxylic acids is 2. The van der Waals surface area contributed by atoms with Gasteiger partial charge in [-0.2, -0.15) is 0 Å². The zero-order valence-electron chi connectivity index (χ0n) is 10.7. The van der Waals surface area contributed by atoms with Crippen LogP contribution in [-0.4, -0.2) is 18.2 Å². The van der Waals surface area contributed by atoms with E-state index in [1.54, 1.807) is 23.5 Å². The van der Waals surface area contributed by atoms with Crippen molar-refractivity contribution in [2.45, 2.75) is 13.3 Å². The molecule has 0 bridgehead atoms. The van der Waals surface area contributed by atoms with Crippen LogP contribution in [0.1, 0.15) is 20.8 Å². The molecule has 0 spiro atoms. The van der Waals surface area contributed by atoms with Gasteiger partial charge in [-0.3, -0.25) is 9.59 Å². The van der Waals surface area contributed by atoms with E-state index in [1.165, 1.54) is 4.88 Å². The summed E-state index contributed by atoms with van der Waals surface area (Å²) in [6.07, 6.45) is 0.755. The van der Waals surface area contributed by atoms with Gasteiger partial charge in [-0.15, -0.1) is 11.3 Å². The highest BCUT2D eigenvalue weighted by atomic mass is 32.1. The van der Waals surface area contributed by atoms with Gasteiger partial charge >= 0.3 is 0 Å². The maximum absolute atomic E-state index is 11.8. The number of carbonyl (C=O) groups is 2. The summed E-state index contributed by atoms with van der Waals surface area (Å²) < 4.78 is 0. The van der Waals surface area contributed by atoms with Gasteiger partial charge < -0.3 is 5.32 Å². The van der Waals surface area contributed by atoms with E-state index in [0.29, 0.717) is 12.1 Å². The first-order valence-electron chi connectivity index (χ1n) is 6.08. The first kappa shape index (κ1) is 13.5. The molecule has 0 aliphatic carbocycles. The second-order valence-electron chi connectivity index (χ2n) is 4.28. The fourth-order valence-electron chi connectivity index (χ4n) is 1.67. The molecule has 2 aromatic rings. The first-order valence-corrected chi connectivity index (χ1v) is 6.96. The highest BCUT2D eigenvalue weighted by Gasteiger charge is 2.15. The number of aryl methyl sites for hydroxylation is 1. The maximum Gasteiger partial charge on any atom is 0.292 e. The van der Waals surface area contributed by atoms with Gasteiger partial charge in [-0.05, 0) is 24.8 Å². The van der Waals surface area contributed by atoms with E-state index >= 15 is 0 Å². The highest BCUT2D eigenvalue weighted by molar-refractivity contribution is 7.09. The zero-order valence-corrected chi connectivity index (χ0v) is 11.5. The molecule has 19 heavy (non-hydrogen) atoms. The van der Waals surface area contributed by atoms with E-state index in [0.717, 1.165) is 12.0 Å². The zero-order chi connectivity index (χ0) is 13.7. The van der Waals surface area contributed by atoms with E-state index in [2.05, 4.69) is 5.32 Å². The van der Waals surface area contributed by atoms with Crippen molar-refractivity contribution in [3.05, 3.63) is 57.8 Å². The summed E-state index contributed by atoms with van der Waals surface area (Å²) in [5.41, 5.74) is 1.49. The fourth-order valence-corrected chi connectivity index (χ4v) is 2.38. The molecule has 0 aliphatic heterocycles. The molecule has 1 aromatic carbocycles. The first-order chi connectivity index (χ1) is 9.16. The molecule has 0 unspecified atom stereocenters. The van der Waals surface area contributed by atoms with Gasteiger partial charge in [0.1, 0.15) is 0 Å². The van der Waals surface area contributed by atoms with Crippen LogP contribution in [0.5, 0.6) is 0 Å². The Labute approximate surface area is 116 Å². The van der Waals surface area contributed by atoms with Crippen LogP contribution in [0.3, 0.4) is 0 Å². The Morgan fingerprint density at radius 3 is 2.53 bits per heavy atom. The molecule has 0 fully saturated rings. The Balaban J connectivity index is 1.85. The summed E-state index contributed by atoms with van der Waals surface area (Å²) in [7, 11) is 0. The van der Waals surface area contributed by atoms with Crippen LogP contribution >= 0.6 is 11.3 Å². The summed E-state index contributed by atoms with van der Waals surface area (Å²) in [6.45, 7) is 2.42. The molecule has 4 heteroatoms. The number of ketones is 1. The average Bonchev–Trinajstić information content (AvgIpc) is 2.92. The minimum Gasteiger partial charge on any atom is -0.349 e. The van der Waals surface area contributed by atoms with Crippen LogP contribution in [0.25, 0.3) is 0 Å². The minimum atomic E-state index is -0.541. The van der Waals surface area contributed by atoms with Crippen molar-refractivity contribution in [3.63, 3.8) is 0 Å². The largest absolute Gasteiger partial charge is 0.349 e. The molecule has 0 atom stereocenters. The standard InChI is InChI=1S/C15H15NO2S/c1-11-4-6-12(7-5-11)14(17)15(18)16-9-8-13-3-2-10-19-13/h2-7,10H,8-9H2,1H3,(H,16,18). The van der Waals surface area contributed by atoms with Gasteiger partial charge in [0, 0.05) is 17.0 Å². The third-order valence-corrected chi connectivity index (χ3v) is 3.69. The number of amides is 1. The smallest absolute Gasteiger partial charge is 0.292 e. The minimum absolute atomic E-state index is 0.430. The van der Waals surface area contributed by atoms with Crippen LogP contribution < -0.4 is 5.32 Å². The lowest BCUT2D eigenvalue weighted by Gasteiger charge is -2.04. The van der Waals surface area contributed by atoms with E-state index in [9.17, 15) is 9.59 Å². The monoisotopic (exact) mass is 273 g/mol. The van der Waals surface area contributed by atoms with Gasteiger partial charge in [0.25, 0.3) is 5.91 Å². The lowest BCUT2D eigenvalue weighted by molar-refractivity contribution is -0.116. The predicted octanol–water partition coefficient (Wildman–Crippen LogP) is 2.60. The Morgan fingerprint density at radius 2 is 1.89 bits per heavy atom. The summed E-state index contributed by atoms with van der Waals surface area (Å²) in [5, 5.41) is 4.65. The predicted molar refractivity (Wildman–Crippen MR) is 76.5 cm³/mol. The summed E-state index contributed by atoms with van der Waals surface area (Å²) in [4.78, 5) is 24.7. The molecule has 1 aromatic heterocycles. The number of thiophene rings is 1. The van der Waals surface area contributed by atoms with Crippen molar-refractivity contribution in [1.29, 1.82) is 0 Å². The second-order valence-corrected chi connectivity index (χ2v) is 5.31. The van der Waals surface area contributed by atoms with Crippen LogP contribution in [0, 0.1) is 6.92 Å². The van der Waals surface area contributed by atoms with E-state index < -0.39 is 11.7 Å². The Kier molecular flexibility index (Phi) is 4.47. The molecule has 1 amide bonds. The lowest BCUT2D eigenvalue weighted by Crippen LogP contribution is -2.32. The topological polar surface area (TPSA) is 46.2 Å². The van der Waals surface area contributed by atoms with Gasteiger partial charge in [0.15, 0.2) is 0 Å². The molecule has 0 aliphatic rings. The van der Waals surface area contributed by atoms with Crippen LogP contribution in [0.2, 0.25) is 0 Å². The van der Waals surface area contributed by atoms with Crippen molar-refractivity contribution < 1.29 is 9.59 Å². The number of rotatable bonds is 5. The molecule has 2 rings (SSSR count). The maximum atomic E-state index is 11.8. The van der Waals surface area contributed by atoms with Crippen LogP contribution in [-0.2, 0) is 11.2 Å². The fraction of sp³-hybridized carbons (Fsp3) is 0.200. The molecule has 0 saturated carbocycles. The normalized spacial score (nSPS) is 10.2. The molecule has 0 saturated heterocycles. The van der Waals surface area contributed by atoms with Crippen molar-refractivity contribution in [1.82, 2.24) is 5.32 Å². The van der Waals surface area contributed by atoms with Crippen molar-refractivity contribution in [3.8, 4) is 0 Å². The Hall–Kier alpha value is -1.94. The summed E-state index contributed by atoms with van der Waals surface area (Å²) >= 11 is 1.64. The summed E-state index contributed by atoms with van der Waals surface area (Å²) in [5.74, 6) is -1.02. The van der Waals surface area contributed by atoms with Gasteiger partial charge in [0.05, 0.1) is 0 Å². The molecular formula is C15H15NO2S. The highest BCUT2D eigenvalue weighted by Crippen LogP contribution is 2.08. The van der Waals surface area contributed by atoms with Gasteiger partial charge in [-0.25, -0.2) is 0 Å². The third-order valence-electron chi connectivity index (χ3n) is 2.76. The SMILES string of the molecule is Cc1ccc(C(=O)C(=O)NCCc2cccs2)cc1. The second kappa shape index (κ2) is 6.29. The quantitative estimate of drug-likeness (QED) is 0.672. The van der Waals surface area contributed by atoms with Crippen LogP contribution in [0.4, 0.5) is 0 Å². The van der Waals surface area contributed by atoms with Crippen LogP contribution in [0.15, 0.2) is 41.8 Å². The van der Waals surface area contributed by atoms with Gasteiger partial charge in [-0.1, -0.05) is 35.9 Å². The molecule has 1 N–H and O–H groups in total. The van der Waals surface area contributed by atoms with E-state index in [1.807, 2.05) is 36.6 Å². The summed E-state index contributed by atoms with van der Waals surface area (Å²) in [6, 6.07) is 11.0.